The van der Waals surface area contributed by atoms with Crippen molar-refractivity contribution in [1.29, 1.82) is 0 Å². The van der Waals surface area contributed by atoms with Crippen molar-refractivity contribution in [2.24, 2.45) is 0 Å². The summed E-state index contributed by atoms with van der Waals surface area (Å²) in [4.78, 5) is 40.6. The molecular weight excluding hydrogens is 369 g/mol. The molecule has 0 atom stereocenters. The number of carbonyl (C=O) groups is 3. The lowest BCUT2D eigenvalue weighted by Crippen LogP contribution is -2.57. The fraction of sp³-hybridized carbons (Fsp3) is 0.176. The number of alkyl halides is 3. The second-order valence-electron chi connectivity index (χ2n) is 5.64. The molecule has 140 valence electrons. The van der Waals surface area contributed by atoms with Crippen LogP contribution in [-0.2, 0) is 6.18 Å². The molecule has 0 unspecified atom stereocenters. The highest BCUT2D eigenvalue weighted by molar-refractivity contribution is 6.32. The van der Waals surface area contributed by atoms with E-state index in [0.29, 0.717) is 12.3 Å². The molecule has 0 saturated carbocycles. The van der Waals surface area contributed by atoms with Crippen LogP contribution >= 0.6 is 0 Å². The van der Waals surface area contributed by atoms with Crippen LogP contribution in [0.2, 0.25) is 0 Å². The molecule has 0 saturated heterocycles. The van der Waals surface area contributed by atoms with Crippen LogP contribution < -0.4 is 10.1 Å². The molecule has 2 N–H and O–H groups in total. The van der Waals surface area contributed by atoms with Gasteiger partial charge in [0.05, 0.1) is 18.2 Å². The summed E-state index contributed by atoms with van der Waals surface area (Å²) in [5.74, 6) is -4.15. The standard InChI is InChI=1S/C17H11F3N2O5/c1-27-12-6-11(17(18,19)20)10(7-21-12)15(25)22-16(26)13(23)8-4-2-3-5-9(8)14(16)24/h2-7,26H,1H3,(H,22,25). The number of fused-ring (bicyclic) bond motifs is 1. The van der Waals surface area contributed by atoms with E-state index in [9.17, 15) is 32.7 Å². The number of hydrogen-bond acceptors (Lipinski definition) is 6. The van der Waals surface area contributed by atoms with Crippen LogP contribution in [0.1, 0.15) is 36.6 Å². The van der Waals surface area contributed by atoms with Crippen molar-refractivity contribution in [2.45, 2.75) is 11.9 Å². The largest absolute Gasteiger partial charge is 0.481 e. The summed E-state index contributed by atoms with van der Waals surface area (Å²) in [6.07, 6.45) is -4.37. The van der Waals surface area contributed by atoms with Gasteiger partial charge < -0.3 is 15.2 Å². The van der Waals surface area contributed by atoms with Crippen LogP contribution in [-0.4, -0.2) is 40.4 Å². The van der Waals surface area contributed by atoms with Crippen molar-refractivity contribution in [1.82, 2.24) is 10.3 Å². The molecule has 0 bridgehead atoms. The predicted molar refractivity (Wildman–Crippen MR) is 83.3 cm³/mol. The number of benzene rings is 1. The number of nitrogens with one attached hydrogen (secondary N) is 1. The second-order valence-corrected chi connectivity index (χ2v) is 5.64. The van der Waals surface area contributed by atoms with Crippen molar-refractivity contribution >= 4 is 17.5 Å². The molecular formula is C17H11F3N2O5. The first-order valence-electron chi connectivity index (χ1n) is 7.44. The van der Waals surface area contributed by atoms with Gasteiger partial charge in [0.2, 0.25) is 17.4 Å². The molecule has 3 rings (SSSR count). The van der Waals surface area contributed by atoms with Crippen LogP contribution in [0.25, 0.3) is 0 Å². The number of hydrogen-bond donors (Lipinski definition) is 2. The molecule has 0 aliphatic heterocycles. The fourth-order valence-electron chi connectivity index (χ4n) is 2.68. The van der Waals surface area contributed by atoms with E-state index in [4.69, 9.17) is 0 Å². The maximum absolute atomic E-state index is 13.2. The third-order valence-electron chi connectivity index (χ3n) is 4.01. The Kier molecular flexibility index (Phi) is 4.23. The monoisotopic (exact) mass is 380 g/mol. The predicted octanol–water partition coefficient (Wildman–Crippen LogP) is 1.61. The fourth-order valence-corrected chi connectivity index (χ4v) is 2.68. The van der Waals surface area contributed by atoms with Gasteiger partial charge in [-0.25, -0.2) is 4.98 Å². The highest BCUT2D eigenvalue weighted by atomic mass is 19.4. The van der Waals surface area contributed by atoms with Gasteiger partial charge in [-0.15, -0.1) is 0 Å². The van der Waals surface area contributed by atoms with E-state index in [1.165, 1.54) is 24.3 Å². The van der Waals surface area contributed by atoms with Gasteiger partial charge in [-0.1, -0.05) is 24.3 Å². The smallest absolute Gasteiger partial charge is 0.417 e. The van der Waals surface area contributed by atoms with E-state index in [1.807, 2.05) is 0 Å². The topological polar surface area (TPSA) is 106 Å². The Hall–Kier alpha value is -3.27. The third kappa shape index (κ3) is 2.93. The summed E-state index contributed by atoms with van der Waals surface area (Å²) < 4.78 is 44.3. The molecule has 1 aromatic carbocycles. The number of pyridine rings is 1. The van der Waals surface area contributed by atoms with Gasteiger partial charge in [-0.05, 0) is 0 Å². The molecule has 0 spiro atoms. The summed E-state index contributed by atoms with van der Waals surface area (Å²) in [7, 11) is 1.10. The summed E-state index contributed by atoms with van der Waals surface area (Å²) in [6, 6.07) is 5.89. The number of halogens is 3. The number of amides is 1. The summed E-state index contributed by atoms with van der Waals surface area (Å²) >= 11 is 0. The molecule has 10 heteroatoms. The molecule has 1 amide bonds. The van der Waals surface area contributed by atoms with E-state index < -0.39 is 46.4 Å². The van der Waals surface area contributed by atoms with Crippen LogP contribution in [0, 0.1) is 0 Å². The molecule has 0 radical (unpaired) electrons. The normalized spacial score (nSPS) is 15.4. The summed E-state index contributed by atoms with van der Waals surface area (Å²) in [6.45, 7) is 0. The number of nitrogens with zero attached hydrogens (tertiary/aromatic N) is 1. The van der Waals surface area contributed by atoms with Crippen LogP contribution in [0.4, 0.5) is 13.2 Å². The van der Waals surface area contributed by atoms with Crippen molar-refractivity contribution < 1.29 is 37.4 Å². The lowest BCUT2D eigenvalue weighted by Gasteiger charge is -2.21. The Balaban J connectivity index is 2.00. The zero-order chi connectivity index (χ0) is 20.0. The first-order valence-corrected chi connectivity index (χ1v) is 7.44. The van der Waals surface area contributed by atoms with E-state index in [1.54, 1.807) is 5.32 Å². The molecule has 0 fully saturated rings. The number of carbonyl (C=O) groups excluding carboxylic acids is 3. The highest BCUT2D eigenvalue weighted by Gasteiger charge is 2.53. The van der Waals surface area contributed by atoms with Gasteiger partial charge in [0.15, 0.2) is 0 Å². The first-order chi connectivity index (χ1) is 12.6. The molecule has 7 nitrogen and oxygen atoms in total. The SMILES string of the molecule is COc1cc(C(F)(F)F)c(C(=O)NC2(O)C(=O)c3ccccc3C2=O)cn1. The van der Waals surface area contributed by atoms with Gasteiger partial charge in [-0.2, -0.15) is 13.2 Å². The lowest BCUT2D eigenvalue weighted by atomic mass is 10.1. The zero-order valence-electron chi connectivity index (χ0n) is 13.6. The Bertz CT molecular complexity index is 936. The maximum Gasteiger partial charge on any atom is 0.417 e. The lowest BCUT2D eigenvalue weighted by molar-refractivity contribution is -0.138. The van der Waals surface area contributed by atoms with Crippen LogP contribution in [0.3, 0.4) is 0 Å². The maximum atomic E-state index is 13.2. The Labute approximate surface area is 149 Å². The molecule has 2 aromatic rings. The van der Waals surface area contributed by atoms with Crippen LogP contribution in [0.5, 0.6) is 5.88 Å². The molecule has 1 aliphatic rings. The number of ketones is 2. The quantitative estimate of drug-likeness (QED) is 0.619. The Morgan fingerprint density at radius 3 is 2.22 bits per heavy atom. The minimum Gasteiger partial charge on any atom is -0.481 e. The minimum absolute atomic E-state index is 0.144. The van der Waals surface area contributed by atoms with Crippen molar-refractivity contribution in [3.63, 3.8) is 0 Å². The zero-order valence-corrected chi connectivity index (χ0v) is 13.6. The number of ether oxygens (including phenoxy) is 1. The average Bonchev–Trinajstić information content (AvgIpc) is 2.82. The van der Waals surface area contributed by atoms with Gasteiger partial charge in [0.25, 0.3) is 11.6 Å². The van der Waals surface area contributed by atoms with Crippen molar-refractivity contribution in [2.75, 3.05) is 7.11 Å². The van der Waals surface area contributed by atoms with Crippen molar-refractivity contribution in [3.05, 3.63) is 58.8 Å². The van der Waals surface area contributed by atoms with E-state index in [-0.39, 0.29) is 11.1 Å². The van der Waals surface area contributed by atoms with Crippen LogP contribution in [0.15, 0.2) is 36.5 Å². The number of aromatic nitrogens is 1. The van der Waals surface area contributed by atoms with E-state index in [2.05, 4.69) is 9.72 Å². The number of rotatable bonds is 3. The number of methoxy groups -OCH3 is 1. The van der Waals surface area contributed by atoms with E-state index >= 15 is 0 Å². The second kappa shape index (κ2) is 6.16. The molecule has 1 aromatic heterocycles. The Morgan fingerprint density at radius 2 is 1.74 bits per heavy atom. The van der Waals surface area contributed by atoms with Gasteiger partial charge in [0, 0.05) is 23.4 Å². The average molecular weight is 380 g/mol. The Morgan fingerprint density at radius 1 is 1.19 bits per heavy atom. The molecule has 27 heavy (non-hydrogen) atoms. The highest BCUT2D eigenvalue weighted by Crippen LogP contribution is 2.34. The van der Waals surface area contributed by atoms with Gasteiger partial charge in [0.1, 0.15) is 0 Å². The van der Waals surface area contributed by atoms with Gasteiger partial charge >= 0.3 is 6.18 Å². The number of aliphatic hydroxyl groups is 1. The van der Waals surface area contributed by atoms with Crippen molar-refractivity contribution in [3.8, 4) is 5.88 Å². The van der Waals surface area contributed by atoms with E-state index in [0.717, 1.165) is 7.11 Å². The summed E-state index contributed by atoms with van der Waals surface area (Å²) in [5.41, 5.74) is -5.66. The molecule has 1 aliphatic carbocycles. The van der Waals surface area contributed by atoms with Gasteiger partial charge in [-0.3, -0.25) is 14.4 Å². The molecule has 1 heterocycles. The third-order valence-corrected chi connectivity index (χ3v) is 4.01. The first kappa shape index (κ1) is 18.5. The minimum atomic E-state index is -4.95. The number of Topliss-reactive ketones (excluding diaryl/α,β-unsaturated/α-hetero) is 2. The summed E-state index contributed by atoms with van der Waals surface area (Å²) in [5, 5.41) is 12.1.